The lowest BCUT2D eigenvalue weighted by molar-refractivity contribution is -0.119. The SMILES string of the molecule is CC(=O)NCCOc1ccc(-c2ccco2)cc1OCCNC(C)=O. The number of nitrogens with one attached hydrogen (secondary N) is 2. The summed E-state index contributed by atoms with van der Waals surface area (Å²) in [7, 11) is 0. The van der Waals surface area contributed by atoms with Crippen LogP contribution in [0.4, 0.5) is 0 Å². The predicted octanol–water partition coefficient (Wildman–Crippen LogP) is 1.98. The van der Waals surface area contributed by atoms with E-state index in [0.29, 0.717) is 37.8 Å². The summed E-state index contributed by atoms with van der Waals surface area (Å²) >= 11 is 0. The van der Waals surface area contributed by atoms with Crippen molar-refractivity contribution in [2.45, 2.75) is 13.8 Å². The fourth-order valence-corrected chi connectivity index (χ4v) is 2.11. The molecule has 1 heterocycles. The number of hydrogen-bond donors (Lipinski definition) is 2. The van der Waals surface area contributed by atoms with Crippen LogP contribution in [0, 0.1) is 0 Å². The van der Waals surface area contributed by atoms with Gasteiger partial charge in [-0.05, 0) is 30.3 Å². The smallest absolute Gasteiger partial charge is 0.216 e. The van der Waals surface area contributed by atoms with Gasteiger partial charge in [0.25, 0.3) is 0 Å². The molecule has 0 unspecified atom stereocenters. The molecule has 2 aromatic rings. The minimum atomic E-state index is -0.111. The molecule has 1 aromatic carbocycles. The van der Waals surface area contributed by atoms with Gasteiger partial charge in [-0.25, -0.2) is 0 Å². The van der Waals surface area contributed by atoms with Gasteiger partial charge >= 0.3 is 0 Å². The molecule has 25 heavy (non-hydrogen) atoms. The number of amides is 2. The number of ether oxygens (including phenoxy) is 2. The molecule has 0 aliphatic rings. The van der Waals surface area contributed by atoms with E-state index in [-0.39, 0.29) is 11.8 Å². The van der Waals surface area contributed by atoms with Crippen molar-refractivity contribution < 1.29 is 23.5 Å². The molecule has 0 aliphatic heterocycles. The Kier molecular flexibility index (Phi) is 6.88. The highest BCUT2D eigenvalue weighted by Gasteiger charge is 2.10. The summed E-state index contributed by atoms with van der Waals surface area (Å²) < 4.78 is 16.8. The van der Waals surface area contributed by atoms with Crippen LogP contribution in [0.3, 0.4) is 0 Å². The summed E-state index contributed by atoms with van der Waals surface area (Å²) in [5.74, 6) is 1.60. The molecule has 1 aromatic heterocycles. The van der Waals surface area contributed by atoms with Gasteiger partial charge in [-0.2, -0.15) is 0 Å². The number of carbonyl (C=O) groups excluding carboxylic acids is 2. The Morgan fingerprint density at radius 1 is 0.960 bits per heavy atom. The van der Waals surface area contributed by atoms with Crippen LogP contribution in [0.15, 0.2) is 41.0 Å². The number of rotatable bonds is 9. The number of hydrogen-bond acceptors (Lipinski definition) is 5. The van der Waals surface area contributed by atoms with E-state index < -0.39 is 0 Å². The topological polar surface area (TPSA) is 89.8 Å². The van der Waals surface area contributed by atoms with Gasteiger partial charge in [0.1, 0.15) is 19.0 Å². The summed E-state index contributed by atoms with van der Waals surface area (Å²) in [4.78, 5) is 21.8. The van der Waals surface area contributed by atoms with Crippen LogP contribution in [0.25, 0.3) is 11.3 Å². The maximum Gasteiger partial charge on any atom is 0.216 e. The first-order valence-corrected chi connectivity index (χ1v) is 7.98. The van der Waals surface area contributed by atoms with E-state index in [0.717, 1.165) is 11.3 Å². The van der Waals surface area contributed by atoms with Gasteiger partial charge in [0.05, 0.1) is 19.4 Å². The zero-order valence-corrected chi connectivity index (χ0v) is 14.3. The maximum atomic E-state index is 10.9. The quantitative estimate of drug-likeness (QED) is 0.678. The molecule has 0 radical (unpaired) electrons. The molecular weight excluding hydrogens is 324 g/mol. The van der Waals surface area contributed by atoms with Gasteiger partial charge in [-0.1, -0.05) is 0 Å². The summed E-state index contributed by atoms with van der Waals surface area (Å²) in [6.07, 6.45) is 1.60. The van der Waals surface area contributed by atoms with E-state index in [2.05, 4.69) is 10.6 Å². The molecule has 0 saturated heterocycles. The fourth-order valence-electron chi connectivity index (χ4n) is 2.11. The van der Waals surface area contributed by atoms with E-state index in [9.17, 15) is 9.59 Å². The van der Waals surface area contributed by atoms with Gasteiger partial charge in [0.2, 0.25) is 11.8 Å². The zero-order chi connectivity index (χ0) is 18.1. The average molecular weight is 346 g/mol. The normalized spacial score (nSPS) is 10.2. The highest BCUT2D eigenvalue weighted by atomic mass is 16.5. The predicted molar refractivity (Wildman–Crippen MR) is 92.5 cm³/mol. The molecule has 7 heteroatoms. The van der Waals surface area contributed by atoms with E-state index in [1.54, 1.807) is 12.3 Å². The minimum absolute atomic E-state index is 0.108. The Balaban J connectivity index is 2.04. The molecule has 0 spiro atoms. The second-order valence-corrected chi connectivity index (χ2v) is 5.30. The summed E-state index contributed by atoms with van der Waals surface area (Å²) in [5, 5.41) is 5.34. The van der Waals surface area contributed by atoms with Crippen molar-refractivity contribution in [1.29, 1.82) is 0 Å². The summed E-state index contributed by atoms with van der Waals surface area (Å²) in [5.41, 5.74) is 0.855. The van der Waals surface area contributed by atoms with Crippen LogP contribution < -0.4 is 20.1 Å². The van der Waals surface area contributed by atoms with Crippen LogP contribution in [0.5, 0.6) is 11.5 Å². The molecule has 0 bridgehead atoms. The van der Waals surface area contributed by atoms with Crippen molar-refractivity contribution in [1.82, 2.24) is 10.6 Å². The first kappa shape index (κ1) is 18.4. The van der Waals surface area contributed by atoms with E-state index >= 15 is 0 Å². The van der Waals surface area contributed by atoms with E-state index in [4.69, 9.17) is 13.9 Å². The third-order valence-electron chi connectivity index (χ3n) is 3.22. The van der Waals surface area contributed by atoms with Gasteiger partial charge in [0, 0.05) is 19.4 Å². The number of benzene rings is 1. The van der Waals surface area contributed by atoms with Crippen molar-refractivity contribution in [3.63, 3.8) is 0 Å². The Hall–Kier alpha value is -2.96. The molecule has 2 rings (SSSR count). The molecule has 0 saturated carbocycles. The summed E-state index contributed by atoms with van der Waals surface area (Å²) in [6, 6.07) is 9.14. The Bertz CT molecular complexity index is 697. The van der Waals surface area contributed by atoms with Crippen LogP contribution in [0.1, 0.15) is 13.8 Å². The van der Waals surface area contributed by atoms with Crippen molar-refractivity contribution in [3.05, 3.63) is 36.6 Å². The molecule has 2 N–H and O–H groups in total. The van der Waals surface area contributed by atoms with Crippen LogP contribution in [-0.4, -0.2) is 38.1 Å². The van der Waals surface area contributed by atoms with Gasteiger partial charge < -0.3 is 24.5 Å². The molecule has 0 aliphatic carbocycles. The molecule has 0 fully saturated rings. The van der Waals surface area contributed by atoms with Gasteiger partial charge in [0.15, 0.2) is 11.5 Å². The first-order chi connectivity index (χ1) is 12.1. The van der Waals surface area contributed by atoms with Crippen molar-refractivity contribution in [2.24, 2.45) is 0 Å². The molecule has 7 nitrogen and oxygen atoms in total. The van der Waals surface area contributed by atoms with Crippen LogP contribution in [-0.2, 0) is 9.59 Å². The standard InChI is InChI=1S/C18H22N2O5/c1-13(21)19-7-10-24-17-6-5-15(16-4-3-9-23-16)12-18(17)25-11-8-20-14(2)22/h3-6,9,12H,7-8,10-11H2,1-2H3,(H,19,21)(H,20,22). The number of furan rings is 1. The van der Waals surface area contributed by atoms with Crippen molar-refractivity contribution >= 4 is 11.8 Å². The lowest BCUT2D eigenvalue weighted by Gasteiger charge is -2.14. The van der Waals surface area contributed by atoms with E-state index in [1.165, 1.54) is 13.8 Å². The Morgan fingerprint density at radius 2 is 1.60 bits per heavy atom. The van der Waals surface area contributed by atoms with Crippen LogP contribution >= 0.6 is 0 Å². The fraction of sp³-hybridized carbons (Fsp3) is 0.333. The third kappa shape index (κ3) is 6.21. The van der Waals surface area contributed by atoms with Crippen molar-refractivity contribution in [3.8, 4) is 22.8 Å². The monoisotopic (exact) mass is 346 g/mol. The number of carbonyl (C=O) groups is 2. The molecule has 2 amide bonds. The second kappa shape index (κ2) is 9.36. The minimum Gasteiger partial charge on any atom is -0.488 e. The zero-order valence-electron chi connectivity index (χ0n) is 14.3. The summed E-state index contributed by atoms with van der Waals surface area (Å²) in [6.45, 7) is 4.33. The largest absolute Gasteiger partial charge is 0.488 e. The third-order valence-corrected chi connectivity index (χ3v) is 3.22. The lowest BCUT2D eigenvalue weighted by atomic mass is 10.1. The highest BCUT2D eigenvalue weighted by Crippen LogP contribution is 2.33. The van der Waals surface area contributed by atoms with Crippen molar-refractivity contribution in [2.75, 3.05) is 26.3 Å². The molecular formula is C18H22N2O5. The lowest BCUT2D eigenvalue weighted by Crippen LogP contribution is -2.26. The Labute approximate surface area is 146 Å². The molecule has 134 valence electrons. The maximum absolute atomic E-state index is 10.9. The first-order valence-electron chi connectivity index (χ1n) is 7.98. The molecule has 0 atom stereocenters. The van der Waals surface area contributed by atoms with E-state index in [1.807, 2.05) is 24.3 Å². The average Bonchev–Trinajstić information content (AvgIpc) is 3.10. The van der Waals surface area contributed by atoms with Gasteiger partial charge in [-0.3, -0.25) is 9.59 Å². The Morgan fingerprint density at radius 3 is 2.16 bits per heavy atom. The van der Waals surface area contributed by atoms with Gasteiger partial charge in [-0.15, -0.1) is 0 Å². The highest BCUT2D eigenvalue weighted by molar-refractivity contribution is 5.73. The van der Waals surface area contributed by atoms with Crippen LogP contribution in [0.2, 0.25) is 0 Å². The second-order valence-electron chi connectivity index (χ2n) is 5.30.